The molecule has 1 fully saturated rings. The van der Waals surface area contributed by atoms with Gasteiger partial charge in [0.1, 0.15) is 0 Å². The predicted octanol–water partition coefficient (Wildman–Crippen LogP) is 3.38. The van der Waals surface area contributed by atoms with Gasteiger partial charge in [-0.25, -0.2) is 4.79 Å². The summed E-state index contributed by atoms with van der Waals surface area (Å²) < 4.78 is 0. The Morgan fingerprint density at radius 1 is 1.41 bits per heavy atom. The van der Waals surface area contributed by atoms with Gasteiger partial charge in [-0.05, 0) is 36.4 Å². The van der Waals surface area contributed by atoms with Gasteiger partial charge in [0.15, 0.2) is 0 Å². The van der Waals surface area contributed by atoms with Gasteiger partial charge in [-0.15, -0.1) is 0 Å². The van der Waals surface area contributed by atoms with E-state index < -0.39 is 6.09 Å². The number of benzene rings is 1. The molecule has 1 aromatic carbocycles. The number of carbonyl (C=O) groups excluding carboxylic acids is 1. The van der Waals surface area contributed by atoms with E-state index in [2.05, 4.69) is 10.5 Å². The number of nitrogens with one attached hydrogen (secondary N) is 1. The maximum atomic E-state index is 11.4. The van der Waals surface area contributed by atoms with Crippen LogP contribution in [0.15, 0.2) is 29.4 Å². The lowest BCUT2D eigenvalue weighted by Gasteiger charge is -2.02. The Kier molecular flexibility index (Phi) is 4.28. The van der Waals surface area contributed by atoms with Crippen LogP contribution in [0.5, 0.6) is 0 Å². The van der Waals surface area contributed by atoms with E-state index in [-0.39, 0.29) is 0 Å². The van der Waals surface area contributed by atoms with Crippen LogP contribution in [-0.4, -0.2) is 23.3 Å². The van der Waals surface area contributed by atoms with Gasteiger partial charge in [-0.1, -0.05) is 16.8 Å². The molecule has 1 heterocycles. The fraction of sp³-hybridized carbons (Fsp3) is 0.273. The highest BCUT2D eigenvalue weighted by molar-refractivity contribution is 8.00. The van der Waals surface area contributed by atoms with E-state index in [0.29, 0.717) is 10.7 Å². The molecule has 2 rings (SSSR count). The normalized spacial score (nSPS) is 17.1. The number of nitrogens with zero attached hydrogens (tertiary/aromatic N) is 1. The molecule has 1 N–H and O–H groups in total. The van der Waals surface area contributed by atoms with E-state index >= 15 is 0 Å². The van der Waals surface area contributed by atoms with Gasteiger partial charge in [0.05, 0.1) is 5.71 Å². The molecule has 0 bridgehead atoms. The monoisotopic (exact) mass is 270 g/mol. The predicted molar refractivity (Wildman–Crippen MR) is 70.9 cm³/mol. The molecule has 1 aliphatic heterocycles. The van der Waals surface area contributed by atoms with Crippen LogP contribution in [-0.2, 0) is 4.84 Å². The molecule has 90 valence electrons. The standard InChI is InChI=1S/C11H11ClN2O2S/c12-8-1-3-9(4-2-8)13-11(15)16-14-10-5-6-17-7-10/h1-4H,5-7H2,(H,13,15)/b14-10+. The van der Waals surface area contributed by atoms with Crippen LogP contribution in [0.3, 0.4) is 0 Å². The number of rotatable bonds is 2. The Hall–Kier alpha value is -1.20. The van der Waals surface area contributed by atoms with Crippen molar-refractivity contribution < 1.29 is 9.63 Å². The number of thioether (sulfide) groups is 1. The Morgan fingerprint density at radius 2 is 2.18 bits per heavy atom. The molecule has 4 nitrogen and oxygen atoms in total. The van der Waals surface area contributed by atoms with Gasteiger partial charge in [0, 0.05) is 16.5 Å². The van der Waals surface area contributed by atoms with Crippen molar-refractivity contribution in [1.29, 1.82) is 0 Å². The molecule has 1 amide bonds. The lowest BCUT2D eigenvalue weighted by Crippen LogP contribution is -2.12. The molecule has 0 spiro atoms. The second-order valence-corrected chi connectivity index (χ2v) is 5.01. The van der Waals surface area contributed by atoms with Crippen molar-refractivity contribution in [2.24, 2.45) is 5.16 Å². The van der Waals surface area contributed by atoms with E-state index in [1.807, 2.05) is 0 Å². The van der Waals surface area contributed by atoms with Crippen LogP contribution >= 0.6 is 23.4 Å². The van der Waals surface area contributed by atoms with E-state index in [9.17, 15) is 4.79 Å². The molecule has 0 aromatic heterocycles. The van der Waals surface area contributed by atoms with Crippen molar-refractivity contribution in [3.63, 3.8) is 0 Å². The number of hydrogen-bond donors (Lipinski definition) is 1. The summed E-state index contributed by atoms with van der Waals surface area (Å²) in [5.74, 6) is 1.88. The van der Waals surface area contributed by atoms with Crippen LogP contribution in [0.25, 0.3) is 0 Å². The molecule has 0 aliphatic carbocycles. The summed E-state index contributed by atoms with van der Waals surface area (Å²) in [6, 6.07) is 6.78. The average Bonchev–Trinajstić information content (AvgIpc) is 2.83. The number of hydrogen-bond acceptors (Lipinski definition) is 4. The molecular formula is C11H11ClN2O2S. The van der Waals surface area contributed by atoms with Crippen LogP contribution in [0.1, 0.15) is 6.42 Å². The summed E-state index contributed by atoms with van der Waals surface area (Å²) in [6.45, 7) is 0. The fourth-order valence-corrected chi connectivity index (χ4v) is 2.39. The first-order chi connectivity index (χ1) is 8.24. The summed E-state index contributed by atoms with van der Waals surface area (Å²) in [5.41, 5.74) is 1.54. The summed E-state index contributed by atoms with van der Waals surface area (Å²) in [6.07, 6.45) is 0.301. The third-order valence-electron chi connectivity index (χ3n) is 2.15. The molecule has 0 unspecified atom stereocenters. The Labute approximate surface area is 108 Å². The van der Waals surface area contributed by atoms with Crippen molar-refractivity contribution >= 4 is 40.9 Å². The Bertz CT molecular complexity index is 426. The topological polar surface area (TPSA) is 50.7 Å². The maximum Gasteiger partial charge on any atom is 0.437 e. The molecule has 1 saturated heterocycles. The minimum Gasteiger partial charge on any atom is -0.298 e. The second kappa shape index (κ2) is 5.93. The van der Waals surface area contributed by atoms with E-state index in [4.69, 9.17) is 16.4 Å². The SMILES string of the molecule is O=C(Nc1ccc(Cl)cc1)O/N=C1\CCSC1. The maximum absolute atomic E-state index is 11.4. The molecule has 0 saturated carbocycles. The van der Waals surface area contributed by atoms with E-state index in [0.717, 1.165) is 23.6 Å². The Balaban J connectivity index is 1.84. The Morgan fingerprint density at radius 3 is 2.82 bits per heavy atom. The summed E-state index contributed by atoms with van der Waals surface area (Å²) in [4.78, 5) is 16.1. The smallest absolute Gasteiger partial charge is 0.298 e. The number of carbonyl (C=O) groups is 1. The third kappa shape index (κ3) is 3.94. The number of anilines is 1. The third-order valence-corrected chi connectivity index (χ3v) is 3.43. The fourth-order valence-electron chi connectivity index (χ4n) is 1.30. The summed E-state index contributed by atoms with van der Waals surface area (Å²) in [5, 5.41) is 6.97. The molecular weight excluding hydrogens is 260 g/mol. The van der Waals surface area contributed by atoms with Gasteiger partial charge in [-0.2, -0.15) is 11.8 Å². The first-order valence-electron chi connectivity index (χ1n) is 5.11. The highest BCUT2D eigenvalue weighted by Crippen LogP contribution is 2.15. The van der Waals surface area contributed by atoms with Crippen molar-refractivity contribution in [3.05, 3.63) is 29.3 Å². The van der Waals surface area contributed by atoms with E-state index in [1.54, 1.807) is 36.0 Å². The van der Waals surface area contributed by atoms with E-state index in [1.165, 1.54) is 0 Å². The summed E-state index contributed by atoms with van der Waals surface area (Å²) in [7, 11) is 0. The first kappa shape index (κ1) is 12.3. The molecule has 1 aliphatic rings. The minimum atomic E-state index is -0.586. The average molecular weight is 271 g/mol. The summed E-state index contributed by atoms with van der Waals surface area (Å²) >= 11 is 7.51. The van der Waals surface area contributed by atoms with Gasteiger partial charge in [0.2, 0.25) is 0 Å². The van der Waals surface area contributed by atoms with Crippen LogP contribution in [0.2, 0.25) is 5.02 Å². The highest BCUT2D eigenvalue weighted by atomic mass is 35.5. The van der Waals surface area contributed by atoms with Crippen molar-refractivity contribution in [1.82, 2.24) is 0 Å². The minimum absolute atomic E-state index is 0.586. The van der Waals surface area contributed by atoms with Crippen LogP contribution in [0, 0.1) is 0 Å². The van der Waals surface area contributed by atoms with Crippen LogP contribution < -0.4 is 5.32 Å². The molecule has 0 atom stereocenters. The van der Waals surface area contributed by atoms with Gasteiger partial charge < -0.3 is 0 Å². The van der Waals surface area contributed by atoms with Gasteiger partial charge >= 0.3 is 6.09 Å². The van der Waals surface area contributed by atoms with Gasteiger partial charge in [0.25, 0.3) is 0 Å². The molecule has 6 heteroatoms. The van der Waals surface area contributed by atoms with Crippen molar-refractivity contribution in [2.75, 3.05) is 16.8 Å². The zero-order chi connectivity index (χ0) is 12.1. The second-order valence-electron chi connectivity index (χ2n) is 3.47. The lowest BCUT2D eigenvalue weighted by molar-refractivity contribution is 0.166. The number of halogens is 1. The van der Waals surface area contributed by atoms with Gasteiger partial charge in [-0.3, -0.25) is 10.2 Å². The quantitative estimate of drug-likeness (QED) is 0.662. The van der Waals surface area contributed by atoms with Crippen molar-refractivity contribution in [2.45, 2.75) is 6.42 Å². The van der Waals surface area contributed by atoms with Crippen LogP contribution in [0.4, 0.5) is 10.5 Å². The first-order valence-corrected chi connectivity index (χ1v) is 6.64. The largest absolute Gasteiger partial charge is 0.437 e. The zero-order valence-corrected chi connectivity index (χ0v) is 10.6. The number of oxime groups is 1. The number of amides is 1. The molecule has 1 aromatic rings. The zero-order valence-electron chi connectivity index (χ0n) is 8.98. The highest BCUT2D eigenvalue weighted by Gasteiger charge is 2.10. The molecule has 0 radical (unpaired) electrons. The van der Waals surface area contributed by atoms with Crippen molar-refractivity contribution in [3.8, 4) is 0 Å². The lowest BCUT2D eigenvalue weighted by atomic mass is 10.3. The molecule has 17 heavy (non-hydrogen) atoms.